The number of nitrogens with one attached hydrogen (secondary N) is 1. The first-order valence-electron chi connectivity index (χ1n) is 9.21. The van der Waals surface area contributed by atoms with E-state index in [1.165, 1.54) is 32.8 Å². The summed E-state index contributed by atoms with van der Waals surface area (Å²) < 4.78 is 1.79. The highest BCUT2D eigenvalue weighted by molar-refractivity contribution is 5.75. The summed E-state index contributed by atoms with van der Waals surface area (Å²) in [6.45, 7) is 4.32. The second kappa shape index (κ2) is 8.88. The molecule has 2 heterocycles. The predicted molar refractivity (Wildman–Crippen MR) is 106 cm³/mol. The fourth-order valence-corrected chi connectivity index (χ4v) is 3.33. The number of aromatic nitrogens is 5. The highest BCUT2D eigenvalue weighted by Gasteiger charge is 2.19. The standard InChI is InChI=1S/C18H22N6.CH4O2.H2/c1-12-7-9-14(10-8-12)20-18-19-11-13(2)17(21-18)24-16-6-4-3-5-15(16)22-23-24;1-3-2;/h3-6,11-12,14H,7-10H2,1-2H3,(H,19,20,21);2H,1H3;1H. The Morgan fingerprint density at radius 2 is 1.93 bits per heavy atom. The van der Waals surface area contributed by atoms with E-state index >= 15 is 0 Å². The van der Waals surface area contributed by atoms with Gasteiger partial charge in [-0.1, -0.05) is 24.3 Å². The van der Waals surface area contributed by atoms with Crippen molar-refractivity contribution < 1.29 is 11.6 Å². The van der Waals surface area contributed by atoms with E-state index in [-0.39, 0.29) is 1.43 Å². The summed E-state index contributed by atoms with van der Waals surface area (Å²) in [5.74, 6) is 2.29. The molecule has 1 aromatic carbocycles. The zero-order chi connectivity index (χ0) is 19.2. The molecule has 2 aromatic heterocycles. The molecule has 8 nitrogen and oxygen atoms in total. The Hall–Kier alpha value is -2.58. The first kappa shape index (κ1) is 19.2. The van der Waals surface area contributed by atoms with Gasteiger partial charge in [-0.25, -0.2) is 9.87 Å². The molecule has 1 fully saturated rings. The molecular formula is C19H28N6O2. The van der Waals surface area contributed by atoms with Gasteiger partial charge in [0.2, 0.25) is 5.95 Å². The Kier molecular flexibility index (Phi) is 6.31. The number of fused-ring (bicyclic) bond motifs is 1. The molecule has 0 amide bonds. The molecule has 0 bridgehead atoms. The van der Waals surface area contributed by atoms with Crippen LogP contribution in [-0.2, 0) is 4.89 Å². The Morgan fingerprint density at radius 1 is 1.22 bits per heavy atom. The van der Waals surface area contributed by atoms with Crippen molar-refractivity contribution in [3.05, 3.63) is 36.0 Å². The summed E-state index contributed by atoms with van der Waals surface area (Å²) in [6, 6.07) is 8.38. The third kappa shape index (κ3) is 4.58. The molecule has 1 aliphatic rings. The summed E-state index contributed by atoms with van der Waals surface area (Å²) in [4.78, 5) is 12.4. The van der Waals surface area contributed by atoms with Gasteiger partial charge < -0.3 is 5.32 Å². The van der Waals surface area contributed by atoms with Gasteiger partial charge in [-0.3, -0.25) is 5.26 Å². The van der Waals surface area contributed by atoms with Crippen LogP contribution in [0.1, 0.15) is 39.6 Å². The van der Waals surface area contributed by atoms with Gasteiger partial charge >= 0.3 is 0 Å². The molecule has 4 rings (SSSR count). The lowest BCUT2D eigenvalue weighted by Gasteiger charge is -2.27. The van der Waals surface area contributed by atoms with Crippen LogP contribution in [-0.4, -0.2) is 43.4 Å². The van der Waals surface area contributed by atoms with Crippen molar-refractivity contribution >= 4 is 17.0 Å². The summed E-state index contributed by atoms with van der Waals surface area (Å²) in [7, 11) is 1.18. The Morgan fingerprint density at radius 3 is 2.67 bits per heavy atom. The molecule has 27 heavy (non-hydrogen) atoms. The van der Waals surface area contributed by atoms with Gasteiger partial charge in [-0.2, -0.15) is 9.67 Å². The molecule has 0 aliphatic heterocycles. The van der Waals surface area contributed by atoms with Crippen LogP contribution in [0.3, 0.4) is 0 Å². The van der Waals surface area contributed by atoms with Gasteiger partial charge in [0.15, 0.2) is 5.82 Å². The molecule has 0 radical (unpaired) electrons. The average Bonchev–Trinajstić information content (AvgIpc) is 3.10. The SMILES string of the molecule is COO.Cc1cnc(NC2CCC(C)CC2)nc1-n1nnc2ccccc21.[HH]. The number of anilines is 1. The largest absolute Gasteiger partial charge is 0.351 e. The lowest BCUT2D eigenvalue weighted by molar-refractivity contribution is -0.214. The maximum absolute atomic E-state index is 7.07. The molecular weight excluding hydrogens is 344 g/mol. The molecule has 2 N–H and O–H groups in total. The molecule has 3 aromatic rings. The van der Waals surface area contributed by atoms with Crippen LogP contribution in [0.4, 0.5) is 5.95 Å². The van der Waals surface area contributed by atoms with Crippen molar-refractivity contribution in [2.24, 2.45) is 5.92 Å². The summed E-state index contributed by atoms with van der Waals surface area (Å²) in [6.07, 6.45) is 6.75. The number of rotatable bonds is 3. The number of para-hydroxylation sites is 1. The second-order valence-electron chi connectivity index (χ2n) is 6.97. The molecule has 8 heteroatoms. The minimum Gasteiger partial charge on any atom is -0.351 e. The van der Waals surface area contributed by atoms with E-state index in [0.717, 1.165) is 28.3 Å². The minimum atomic E-state index is 0. The Labute approximate surface area is 160 Å². The number of aryl methyl sites for hydroxylation is 1. The number of nitrogens with zero attached hydrogens (tertiary/aromatic N) is 5. The van der Waals surface area contributed by atoms with Crippen LogP contribution in [0, 0.1) is 12.8 Å². The van der Waals surface area contributed by atoms with E-state index in [4.69, 9.17) is 10.2 Å². The van der Waals surface area contributed by atoms with Gasteiger partial charge in [0.25, 0.3) is 0 Å². The third-order valence-electron chi connectivity index (χ3n) is 4.85. The molecule has 1 aliphatic carbocycles. The van der Waals surface area contributed by atoms with E-state index in [9.17, 15) is 0 Å². The normalized spacial score (nSPS) is 19.4. The van der Waals surface area contributed by atoms with Crippen molar-refractivity contribution in [2.75, 3.05) is 12.4 Å². The second-order valence-corrected chi connectivity index (χ2v) is 6.97. The Bertz CT molecular complexity index is 880. The van der Waals surface area contributed by atoms with Crippen molar-refractivity contribution in [1.82, 2.24) is 25.0 Å². The highest BCUT2D eigenvalue weighted by atomic mass is 17.1. The van der Waals surface area contributed by atoms with E-state index in [0.29, 0.717) is 12.0 Å². The monoisotopic (exact) mass is 372 g/mol. The maximum atomic E-state index is 7.07. The fourth-order valence-electron chi connectivity index (χ4n) is 3.33. The van der Waals surface area contributed by atoms with E-state index < -0.39 is 0 Å². The molecule has 1 saturated carbocycles. The van der Waals surface area contributed by atoms with E-state index in [2.05, 4.69) is 32.4 Å². The predicted octanol–water partition coefficient (Wildman–Crippen LogP) is 3.86. The van der Waals surface area contributed by atoms with E-state index in [1.54, 1.807) is 4.68 Å². The quantitative estimate of drug-likeness (QED) is 0.532. The fraction of sp³-hybridized carbons (Fsp3) is 0.474. The van der Waals surface area contributed by atoms with Crippen LogP contribution >= 0.6 is 0 Å². The van der Waals surface area contributed by atoms with Crippen molar-refractivity contribution in [1.29, 1.82) is 0 Å². The van der Waals surface area contributed by atoms with Gasteiger partial charge in [0, 0.05) is 19.2 Å². The zero-order valence-electron chi connectivity index (χ0n) is 16.0. The van der Waals surface area contributed by atoms with Gasteiger partial charge in [0.05, 0.1) is 12.6 Å². The molecule has 146 valence electrons. The van der Waals surface area contributed by atoms with Crippen LogP contribution < -0.4 is 5.32 Å². The smallest absolute Gasteiger partial charge is 0.224 e. The van der Waals surface area contributed by atoms with Crippen molar-refractivity contribution in [2.45, 2.75) is 45.6 Å². The summed E-state index contributed by atoms with van der Waals surface area (Å²) in [5, 5.41) is 19.1. The van der Waals surface area contributed by atoms with Crippen molar-refractivity contribution in [3.63, 3.8) is 0 Å². The first-order valence-corrected chi connectivity index (χ1v) is 9.21. The molecule has 0 atom stereocenters. The third-order valence-corrected chi connectivity index (χ3v) is 4.85. The first-order chi connectivity index (χ1) is 13.1. The van der Waals surface area contributed by atoms with E-state index in [1.807, 2.05) is 37.4 Å². The van der Waals surface area contributed by atoms with Gasteiger partial charge in [-0.15, -0.1) is 5.10 Å². The maximum Gasteiger partial charge on any atom is 0.224 e. The number of benzene rings is 1. The van der Waals surface area contributed by atoms with Gasteiger partial charge in [-0.05, 0) is 50.7 Å². The number of hydrogen-bond donors (Lipinski definition) is 2. The molecule has 0 spiro atoms. The van der Waals surface area contributed by atoms with Gasteiger partial charge in [0.1, 0.15) is 5.52 Å². The van der Waals surface area contributed by atoms with Crippen molar-refractivity contribution in [3.8, 4) is 5.82 Å². The zero-order valence-corrected chi connectivity index (χ0v) is 16.0. The van der Waals surface area contributed by atoms with Crippen LogP contribution in [0.2, 0.25) is 0 Å². The Balaban J connectivity index is 0.000000660. The molecule has 0 unspecified atom stereocenters. The lowest BCUT2D eigenvalue weighted by Crippen LogP contribution is -2.26. The average molecular weight is 372 g/mol. The topological polar surface area (TPSA) is 98.0 Å². The van der Waals surface area contributed by atoms with Crippen LogP contribution in [0.5, 0.6) is 0 Å². The summed E-state index contributed by atoms with van der Waals surface area (Å²) in [5.41, 5.74) is 2.80. The van der Waals surface area contributed by atoms with Crippen LogP contribution in [0.25, 0.3) is 16.9 Å². The number of hydrogen-bond acceptors (Lipinski definition) is 7. The highest BCUT2D eigenvalue weighted by Crippen LogP contribution is 2.25. The lowest BCUT2D eigenvalue weighted by atomic mass is 9.87. The minimum absolute atomic E-state index is 0. The van der Waals surface area contributed by atoms with Crippen LogP contribution in [0.15, 0.2) is 30.5 Å². The summed E-state index contributed by atoms with van der Waals surface area (Å²) >= 11 is 0. The molecule has 0 saturated heterocycles.